The third-order valence-corrected chi connectivity index (χ3v) is 7.59. The maximum absolute atomic E-state index is 12.5. The van der Waals surface area contributed by atoms with E-state index in [0.29, 0.717) is 0 Å². The fraction of sp³-hybridized carbons (Fsp3) is 0.429. The molecule has 0 saturated carbocycles. The average molecular weight is 468 g/mol. The fourth-order valence-corrected chi connectivity index (χ4v) is 5.44. The van der Waals surface area contributed by atoms with Gasteiger partial charge in [0.1, 0.15) is 11.3 Å². The van der Waals surface area contributed by atoms with Gasteiger partial charge in [0.25, 0.3) is 0 Å². The lowest BCUT2D eigenvalue weighted by molar-refractivity contribution is -0.107. The van der Waals surface area contributed by atoms with Gasteiger partial charge in [-0.15, -0.1) is 0 Å². The molecule has 1 aromatic carbocycles. The summed E-state index contributed by atoms with van der Waals surface area (Å²) in [5.41, 5.74) is 5.46. The summed E-state index contributed by atoms with van der Waals surface area (Å²) in [6, 6.07) is 7.80. The Hall–Kier alpha value is -2.66. The van der Waals surface area contributed by atoms with Crippen molar-refractivity contribution in [2.45, 2.75) is 32.4 Å². The summed E-state index contributed by atoms with van der Waals surface area (Å²) in [5.74, 6) is -1.18. The van der Waals surface area contributed by atoms with Gasteiger partial charge in [0.05, 0.1) is 17.5 Å². The van der Waals surface area contributed by atoms with Gasteiger partial charge in [0, 0.05) is 37.8 Å². The molecule has 0 aliphatic carbocycles. The summed E-state index contributed by atoms with van der Waals surface area (Å²) in [6.07, 6.45) is -2.37. The van der Waals surface area contributed by atoms with Gasteiger partial charge in [-0.1, -0.05) is 19.1 Å². The summed E-state index contributed by atoms with van der Waals surface area (Å²) < 4.78 is 62.3. The number of aromatic amines is 1. The van der Waals surface area contributed by atoms with Crippen molar-refractivity contribution in [1.29, 1.82) is 0 Å². The highest BCUT2D eigenvalue weighted by Gasteiger charge is 2.43. The molecule has 1 saturated heterocycles. The van der Waals surface area contributed by atoms with Crippen molar-refractivity contribution in [3.63, 3.8) is 0 Å². The van der Waals surface area contributed by atoms with Crippen LogP contribution in [0.15, 0.2) is 30.6 Å². The number of imidazole rings is 1. The molecule has 1 aliphatic rings. The Morgan fingerprint density at radius 2 is 1.97 bits per heavy atom. The molecule has 7 nitrogen and oxygen atoms in total. The number of aryl methyl sites for hydroxylation is 2. The van der Waals surface area contributed by atoms with Crippen LogP contribution in [0.5, 0.6) is 0 Å². The van der Waals surface area contributed by atoms with Gasteiger partial charge in [0.2, 0.25) is 10.0 Å². The van der Waals surface area contributed by atoms with E-state index in [2.05, 4.69) is 15.0 Å². The first kappa shape index (κ1) is 22.5. The zero-order valence-electron chi connectivity index (χ0n) is 17.9. The summed E-state index contributed by atoms with van der Waals surface area (Å²) in [5, 5.41) is 0. The molecule has 0 bridgehead atoms. The Morgan fingerprint density at radius 1 is 1.25 bits per heavy atom. The molecule has 32 heavy (non-hydrogen) atoms. The number of pyridine rings is 1. The highest BCUT2D eigenvalue weighted by Crippen LogP contribution is 2.35. The van der Waals surface area contributed by atoms with Gasteiger partial charge in [-0.05, 0) is 30.5 Å². The van der Waals surface area contributed by atoms with Gasteiger partial charge < -0.3 is 9.88 Å². The number of benzene rings is 1. The van der Waals surface area contributed by atoms with Crippen molar-refractivity contribution < 1.29 is 21.6 Å². The van der Waals surface area contributed by atoms with E-state index in [1.165, 1.54) is 0 Å². The number of H-pyrrole nitrogens is 1. The van der Waals surface area contributed by atoms with Gasteiger partial charge in [-0.3, -0.25) is 0 Å². The molecule has 1 N–H and O–H groups in total. The molecule has 0 atom stereocenters. The topological polar surface area (TPSA) is 82.2 Å². The van der Waals surface area contributed by atoms with Gasteiger partial charge in [-0.25, -0.2) is 22.7 Å². The first-order valence-corrected chi connectivity index (χ1v) is 11.8. The van der Waals surface area contributed by atoms with E-state index in [-0.39, 0.29) is 19.0 Å². The van der Waals surface area contributed by atoms with E-state index >= 15 is 0 Å². The lowest BCUT2D eigenvalue weighted by atomic mass is 9.91. The van der Waals surface area contributed by atoms with Gasteiger partial charge >= 0.3 is 6.18 Å². The lowest BCUT2D eigenvalue weighted by Gasteiger charge is -2.39. The monoisotopic (exact) mass is 467 g/mol. The highest BCUT2D eigenvalue weighted by atomic mass is 32.2. The van der Waals surface area contributed by atoms with E-state index in [1.54, 1.807) is 6.33 Å². The summed E-state index contributed by atoms with van der Waals surface area (Å²) in [4.78, 5) is 14.0. The molecule has 2 aromatic heterocycles. The van der Waals surface area contributed by atoms with Crippen LogP contribution in [0.1, 0.15) is 29.7 Å². The number of anilines is 2. The first-order chi connectivity index (χ1) is 15.0. The summed E-state index contributed by atoms with van der Waals surface area (Å²) in [7, 11) is -2.41. The summed E-state index contributed by atoms with van der Waals surface area (Å²) >= 11 is 0. The number of hydrogen-bond donors (Lipinski definition) is 1. The van der Waals surface area contributed by atoms with Crippen molar-refractivity contribution in [2.24, 2.45) is 0 Å². The number of sulfonamides is 1. The lowest BCUT2D eigenvalue weighted by Crippen LogP contribution is -2.50. The standard InChI is InChI=1S/C21H24F3N5O2S/c1-4-14-7-15(16-9-29(10-16)32(30,31)11-21(22,23)24)5-6-18(14)28(3)19-8-17-20(13(2)27-19)26-12-25-17/h5-8,12,16H,4,9-11H2,1-3H3,(H,25,26). The van der Waals surface area contributed by atoms with Crippen LogP contribution in [-0.4, -0.2) is 59.7 Å². The van der Waals surface area contributed by atoms with Gasteiger partial charge in [-0.2, -0.15) is 13.2 Å². The predicted octanol–water partition coefficient (Wildman–Crippen LogP) is 3.89. The molecule has 1 fully saturated rings. The minimum absolute atomic E-state index is 0.0635. The number of aromatic nitrogens is 3. The Kier molecular flexibility index (Phi) is 5.66. The molecule has 172 valence electrons. The van der Waals surface area contributed by atoms with Crippen molar-refractivity contribution in [1.82, 2.24) is 19.3 Å². The molecular weight excluding hydrogens is 443 g/mol. The van der Waals surface area contributed by atoms with Crippen LogP contribution in [-0.2, 0) is 16.4 Å². The van der Waals surface area contributed by atoms with Gasteiger partial charge in [0.15, 0.2) is 5.75 Å². The number of nitrogens with one attached hydrogen (secondary N) is 1. The third-order valence-electron chi connectivity index (χ3n) is 5.82. The second-order valence-corrected chi connectivity index (χ2v) is 10.0. The average Bonchev–Trinajstić information content (AvgIpc) is 3.13. The van der Waals surface area contributed by atoms with Crippen LogP contribution in [0.2, 0.25) is 0 Å². The fourth-order valence-electron chi connectivity index (χ4n) is 4.03. The predicted molar refractivity (Wildman–Crippen MR) is 117 cm³/mol. The maximum Gasteiger partial charge on any atom is 0.404 e. The SMILES string of the molecule is CCc1cc(C2CN(S(=O)(=O)CC(F)(F)F)C2)ccc1N(C)c1cc2[nH]cnc2c(C)n1. The van der Waals surface area contributed by atoms with E-state index < -0.39 is 22.0 Å². The molecule has 11 heteroatoms. The Bertz CT molecular complexity index is 1250. The smallest absolute Gasteiger partial charge is 0.344 e. The van der Waals surface area contributed by atoms with Crippen molar-refractivity contribution in [3.05, 3.63) is 47.4 Å². The van der Waals surface area contributed by atoms with Crippen LogP contribution in [0, 0.1) is 6.92 Å². The summed E-state index contributed by atoms with van der Waals surface area (Å²) in [6.45, 7) is 4.05. The van der Waals surface area contributed by atoms with Crippen LogP contribution < -0.4 is 4.90 Å². The Morgan fingerprint density at radius 3 is 2.62 bits per heavy atom. The number of fused-ring (bicyclic) bond motifs is 1. The first-order valence-electron chi connectivity index (χ1n) is 10.2. The molecule has 0 unspecified atom stereocenters. The van der Waals surface area contributed by atoms with Crippen molar-refractivity contribution in [2.75, 3.05) is 30.8 Å². The molecule has 0 amide bonds. The molecular formula is C21H24F3N5O2S. The van der Waals surface area contributed by atoms with Crippen LogP contribution in [0.4, 0.5) is 24.7 Å². The number of halogens is 3. The largest absolute Gasteiger partial charge is 0.404 e. The number of hydrogen-bond acceptors (Lipinski definition) is 5. The van der Waals surface area contributed by atoms with E-state index in [0.717, 1.165) is 50.1 Å². The number of rotatable bonds is 6. The van der Waals surface area contributed by atoms with Crippen molar-refractivity contribution >= 4 is 32.6 Å². The van der Waals surface area contributed by atoms with Crippen molar-refractivity contribution in [3.8, 4) is 0 Å². The number of alkyl halides is 3. The molecule has 1 aliphatic heterocycles. The van der Waals surface area contributed by atoms with E-state index in [9.17, 15) is 21.6 Å². The van der Waals surface area contributed by atoms with E-state index in [1.807, 2.05) is 50.1 Å². The molecule has 4 rings (SSSR count). The molecule has 0 spiro atoms. The van der Waals surface area contributed by atoms with E-state index in [4.69, 9.17) is 0 Å². The second-order valence-electron chi connectivity index (χ2n) is 8.05. The second kappa shape index (κ2) is 8.04. The Labute approximate surface area is 184 Å². The zero-order chi connectivity index (χ0) is 23.3. The minimum Gasteiger partial charge on any atom is -0.344 e. The normalized spacial score (nSPS) is 15.8. The third kappa shape index (κ3) is 4.31. The zero-order valence-corrected chi connectivity index (χ0v) is 18.8. The Balaban J connectivity index is 1.53. The molecule has 3 heterocycles. The number of nitrogens with zero attached hydrogens (tertiary/aromatic N) is 4. The van der Waals surface area contributed by atoms with Crippen LogP contribution in [0.3, 0.4) is 0 Å². The molecule has 3 aromatic rings. The van der Waals surface area contributed by atoms with Crippen LogP contribution >= 0.6 is 0 Å². The maximum atomic E-state index is 12.5. The molecule has 0 radical (unpaired) electrons. The highest BCUT2D eigenvalue weighted by molar-refractivity contribution is 7.89. The quantitative estimate of drug-likeness (QED) is 0.595. The minimum atomic E-state index is -4.74. The van der Waals surface area contributed by atoms with Crippen LogP contribution in [0.25, 0.3) is 11.0 Å².